The van der Waals surface area contributed by atoms with Crippen LogP contribution in [0.5, 0.6) is 0 Å². The van der Waals surface area contributed by atoms with E-state index in [0.717, 1.165) is 17.8 Å². The van der Waals surface area contributed by atoms with Gasteiger partial charge in [-0.25, -0.2) is 0 Å². The van der Waals surface area contributed by atoms with Crippen molar-refractivity contribution in [2.45, 2.75) is 32.6 Å². The molecule has 2 rings (SSSR count). The van der Waals surface area contributed by atoms with Crippen molar-refractivity contribution in [2.75, 3.05) is 13.1 Å². The second-order valence-corrected chi connectivity index (χ2v) is 7.63. The largest absolute Gasteiger partial charge is 0.316 e. The average molecular weight is 302 g/mol. The Morgan fingerprint density at radius 3 is 2.94 bits per heavy atom. The second-order valence-electron chi connectivity index (χ2n) is 5.13. The van der Waals surface area contributed by atoms with Gasteiger partial charge in [0.15, 0.2) is 0 Å². The molecule has 0 bridgehead atoms. The Morgan fingerprint density at radius 1 is 1.50 bits per heavy atom. The van der Waals surface area contributed by atoms with Crippen LogP contribution in [0.1, 0.15) is 37.5 Å². The number of hydrogen-bond acceptors (Lipinski definition) is 2. The molecule has 1 aromatic rings. The average Bonchev–Trinajstić information content (AvgIpc) is 2.65. The van der Waals surface area contributed by atoms with E-state index in [1.165, 1.54) is 29.7 Å². The zero-order valence-corrected chi connectivity index (χ0v) is 12.4. The van der Waals surface area contributed by atoms with Gasteiger partial charge >= 0.3 is 0 Å². The molecule has 1 nitrogen and oxygen atoms in total. The van der Waals surface area contributed by atoms with Crippen LogP contribution in [0.15, 0.2) is 15.9 Å². The van der Waals surface area contributed by atoms with Gasteiger partial charge in [-0.1, -0.05) is 13.8 Å². The number of piperidine rings is 1. The molecule has 1 fully saturated rings. The highest BCUT2D eigenvalue weighted by Crippen LogP contribution is 2.38. The minimum atomic E-state index is 0.778. The fourth-order valence-electron chi connectivity index (χ4n) is 2.68. The molecule has 2 heterocycles. The predicted molar refractivity (Wildman–Crippen MR) is 75.2 cm³/mol. The topological polar surface area (TPSA) is 12.0 Å². The molecule has 1 aliphatic rings. The molecule has 0 aromatic carbocycles. The standard InChI is InChI=1S/C13H20BrNS/c1-9(2)7-10-8-15-6-5-11(10)12-3-4-13(14)16-12/h3-4,9-11,15H,5-8H2,1-2H3. The Hall–Kier alpha value is 0.140. The molecule has 0 radical (unpaired) electrons. The first-order chi connectivity index (χ1) is 7.66. The smallest absolute Gasteiger partial charge is 0.0701 e. The summed E-state index contributed by atoms with van der Waals surface area (Å²) in [6.45, 7) is 7.03. The van der Waals surface area contributed by atoms with E-state index < -0.39 is 0 Å². The molecule has 0 aliphatic carbocycles. The van der Waals surface area contributed by atoms with E-state index in [-0.39, 0.29) is 0 Å². The van der Waals surface area contributed by atoms with Crippen LogP contribution in [0.25, 0.3) is 0 Å². The van der Waals surface area contributed by atoms with Gasteiger partial charge in [0.05, 0.1) is 3.79 Å². The summed E-state index contributed by atoms with van der Waals surface area (Å²) in [7, 11) is 0. The van der Waals surface area contributed by atoms with Crippen molar-refractivity contribution in [1.29, 1.82) is 0 Å². The summed E-state index contributed by atoms with van der Waals surface area (Å²) in [5, 5.41) is 3.54. The molecule has 90 valence electrons. The Balaban J connectivity index is 2.10. The lowest BCUT2D eigenvalue weighted by molar-refractivity contribution is 0.283. The normalized spacial score (nSPS) is 26.2. The van der Waals surface area contributed by atoms with Gasteiger partial charge in [-0.3, -0.25) is 0 Å². The van der Waals surface area contributed by atoms with Gasteiger partial charge in [0.25, 0.3) is 0 Å². The Kier molecular flexibility index (Phi) is 4.45. The van der Waals surface area contributed by atoms with Crippen molar-refractivity contribution in [1.82, 2.24) is 5.32 Å². The molecule has 1 aliphatic heterocycles. The second kappa shape index (κ2) is 5.65. The van der Waals surface area contributed by atoms with Crippen molar-refractivity contribution in [3.63, 3.8) is 0 Å². The predicted octanol–water partition coefficient (Wildman–Crippen LogP) is 4.25. The van der Waals surface area contributed by atoms with Gasteiger partial charge < -0.3 is 5.32 Å². The van der Waals surface area contributed by atoms with Crippen LogP contribution >= 0.6 is 27.3 Å². The maximum Gasteiger partial charge on any atom is 0.0701 e. The maximum absolute atomic E-state index is 3.57. The first-order valence-corrected chi connectivity index (χ1v) is 7.73. The maximum atomic E-state index is 3.57. The van der Waals surface area contributed by atoms with E-state index in [1.54, 1.807) is 4.88 Å². The lowest BCUT2D eigenvalue weighted by Gasteiger charge is -2.32. The van der Waals surface area contributed by atoms with Gasteiger partial charge in [0.1, 0.15) is 0 Å². The highest BCUT2D eigenvalue weighted by Gasteiger charge is 2.27. The molecule has 1 saturated heterocycles. The van der Waals surface area contributed by atoms with E-state index in [9.17, 15) is 0 Å². The molecule has 0 saturated carbocycles. The summed E-state index contributed by atoms with van der Waals surface area (Å²) < 4.78 is 1.27. The molecular weight excluding hydrogens is 282 g/mol. The van der Waals surface area contributed by atoms with Crippen molar-refractivity contribution < 1.29 is 0 Å². The number of hydrogen-bond donors (Lipinski definition) is 1. The Bertz CT molecular complexity index is 334. The van der Waals surface area contributed by atoms with Gasteiger partial charge in [-0.2, -0.15) is 0 Å². The lowest BCUT2D eigenvalue weighted by Crippen LogP contribution is -2.35. The molecule has 16 heavy (non-hydrogen) atoms. The number of thiophene rings is 1. The van der Waals surface area contributed by atoms with Crippen molar-refractivity contribution >= 4 is 27.3 Å². The van der Waals surface area contributed by atoms with E-state index in [4.69, 9.17) is 0 Å². The molecule has 1 N–H and O–H groups in total. The summed E-state index contributed by atoms with van der Waals surface area (Å²) in [5.41, 5.74) is 0. The van der Waals surface area contributed by atoms with Crippen LogP contribution in [0.2, 0.25) is 0 Å². The molecular formula is C13H20BrNS. The number of rotatable bonds is 3. The quantitative estimate of drug-likeness (QED) is 0.880. The summed E-state index contributed by atoms with van der Waals surface area (Å²) in [4.78, 5) is 1.57. The van der Waals surface area contributed by atoms with E-state index in [2.05, 4.69) is 47.2 Å². The fraction of sp³-hybridized carbons (Fsp3) is 0.692. The zero-order valence-electron chi connectivity index (χ0n) is 10.0. The molecule has 0 spiro atoms. The van der Waals surface area contributed by atoms with Gasteiger partial charge in [0, 0.05) is 4.88 Å². The minimum absolute atomic E-state index is 0.778. The lowest BCUT2D eigenvalue weighted by atomic mass is 9.80. The highest BCUT2D eigenvalue weighted by atomic mass is 79.9. The van der Waals surface area contributed by atoms with E-state index >= 15 is 0 Å². The summed E-state index contributed by atoms with van der Waals surface area (Å²) >= 11 is 5.49. The van der Waals surface area contributed by atoms with Gasteiger partial charge in [0.2, 0.25) is 0 Å². The van der Waals surface area contributed by atoms with Crippen LogP contribution in [-0.2, 0) is 0 Å². The highest BCUT2D eigenvalue weighted by molar-refractivity contribution is 9.11. The van der Waals surface area contributed by atoms with Crippen molar-refractivity contribution in [2.24, 2.45) is 11.8 Å². The first kappa shape index (κ1) is 12.6. The van der Waals surface area contributed by atoms with Crippen molar-refractivity contribution in [3.05, 3.63) is 20.8 Å². The third-order valence-electron chi connectivity index (χ3n) is 3.34. The molecule has 3 heteroatoms. The number of halogens is 1. The van der Waals surface area contributed by atoms with Gasteiger partial charge in [-0.05, 0) is 71.7 Å². The summed E-state index contributed by atoms with van der Waals surface area (Å²) in [6, 6.07) is 4.49. The van der Waals surface area contributed by atoms with Crippen LogP contribution in [0.3, 0.4) is 0 Å². The molecule has 1 aromatic heterocycles. The Labute approximate surface area is 111 Å². The number of nitrogens with one attached hydrogen (secondary N) is 1. The first-order valence-electron chi connectivity index (χ1n) is 6.12. The van der Waals surface area contributed by atoms with E-state index in [0.29, 0.717) is 0 Å². The zero-order chi connectivity index (χ0) is 11.5. The van der Waals surface area contributed by atoms with Crippen LogP contribution in [0, 0.1) is 11.8 Å². The third kappa shape index (κ3) is 3.08. The van der Waals surface area contributed by atoms with Crippen LogP contribution in [-0.4, -0.2) is 13.1 Å². The van der Waals surface area contributed by atoms with Crippen molar-refractivity contribution in [3.8, 4) is 0 Å². The molecule has 2 atom stereocenters. The Morgan fingerprint density at radius 2 is 2.31 bits per heavy atom. The van der Waals surface area contributed by atoms with Crippen LogP contribution in [0.4, 0.5) is 0 Å². The minimum Gasteiger partial charge on any atom is -0.316 e. The summed E-state index contributed by atoms with van der Waals surface area (Å²) in [6.07, 6.45) is 2.64. The van der Waals surface area contributed by atoms with Gasteiger partial charge in [-0.15, -0.1) is 11.3 Å². The third-order valence-corrected chi connectivity index (χ3v) is 5.10. The van der Waals surface area contributed by atoms with Crippen LogP contribution < -0.4 is 5.32 Å². The van der Waals surface area contributed by atoms with E-state index in [1.807, 2.05) is 11.3 Å². The molecule has 0 amide bonds. The summed E-state index contributed by atoms with van der Waals surface area (Å²) in [5.74, 6) is 2.40. The fourth-order valence-corrected chi connectivity index (χ4v) is 4.33. The molecule has 2 unspecified atom stereocenters. The monoisotopic (exact) mass is 301 g/mol. The SMILES string of the molecule is CC(C)CC1CNCCC1c1ccc(Br)s1.